The third-order valence-electron chi connectivity index (χ3n) is 4.53. The lowest BCUT2D eigenvalue weighted by Gasteiger charge is -2.06. The molecule has 33 heavy (non-hydrogen) atoms. The Morgan fingerprint density at radius 2 is 1.91 bits per heavy atom. The third kappa shape index (κ3) is 5.52. The number of para-hydroxylation sites is 2. The van der Waals surface area contributed by atoms with Gasteiger partial charge in [0.1, 0.15) is 16.8 Å². The number of nitro groups is 1. The molecule has 0 bridgehead atoms. The summed E-state index contributed by atoms with van der Waals surface area (Å²) >= 11 is 1.11. The fraction of sp³-hybridized carbons (Fsp3) is 0.0909. The van der Waals surface area contributed by atoms with Crippen molar-refractivity contribution in [2.45, 2.75) is 11.7 Å². The molecule has 3 aromatic rings. The Kier molecular flexibility index (Phi) is 6.60. The van der Waals surface area contributed by atoms with Crippen LogP contribution in [0.3, 0.4) is 0 Å². The van der Waals surface area contributed by atoms with Gasteiger partial charge in [-0.2, -0.15) is 5.10 Å². The minimum atomic E-state index is -0.614. The van der Waals surface area contributed by atoms with Crippen molar-refractivity contribution < 1.29 is 18.9 Å². The Bertz CT molecular complexity index is 1250. The predicted octanol–water partition coefficient (Wildman–Crippen LogP) is 3.81. The molecule has 10 nitrogen and oxygen atoms in total. The van der Waals surface area contributed by atoms with Gasteiger partial charge in [-0.3, -0.25) is 19.7 Å². The average molecular weight is 463 g/mol. The molecular weight excluding hydrogens is 446 g/mol. The molecule has 1 aliphatic heterocycles. The van der Waals surface area contributed by atoms with Gasteiger partial charge >= 0.3 is 0 Å². The Hall–Kier alpha value is -4.25. The second-order valence-electron chi connectivity index (χ2n) is 6.84. The third-order valence-corrected chi connectivity index (χ3v) is 5.60. The summed E-state index contributed by atoms with van der Waals surface area (Å²) in [5.74, 6) is 0.0515. The van der Waals surface area contributed by atoms with E-state index in [0.717, 1.165) is 11.8 Å². The molecule has 2 N–H and O–H groups in total. The molecule has 166 valence electrons. The van der Waals surface area contributed by atoms with Crippen molar-refractivity contribution in [1.29, 1.82) is 0 Å². The summed E-state index contributed by atoms with van der Waals surface area (Å²) in [4.78, 5) is 35.0. The van der Waals surface area contributed by atoms with Gasteiger partial charge in [0, 0.05) is 18.2 Å². The van der Waals surface area contributed by atoms with Gasteiger partial charge in [0.25, 0.3) is 5.69 Å². The Balaban J connectivity index is 1.36. The van der Waals surface area contributed by atoms with Crippen molar-refractivity contribution in [3.63, 3.8) is 0 Å². The van der Waals surface area contributed by atoms with Crippen LogP contribution in [-0.4, -0.2) is 33.4 Å². The van der Waals surface area contributed by atoms with Crippen molar-refractivity contribution in [2.24, 2.45) is 10.2 Å². The summed E-state index contributed by atoms with van der Waals surface area (Å²) in [5.41, 5.74) is 0.940. The van der Waals surface area contributed by atoms with E-state index < -0.39 is 10.2 Å². The van der Waals surface area contributed by atoms with E-state index in [4.69, 9.17) is 4.42 Å². The van der Waals surface area contributed by atoms with E-state index in [-0.39, 0.29) is 29.1 Å². The average Bonchev–Trinajstić information content (AvgIpc) is 3.41. The van der Waals surface area contributed by atoms with Crippen molar-refractivity contribution >= 4 is 46.3 Å². The number of nitrogens with zero attached hydrogens (tertiary/aromatic N) is 3. The Morgan fingerprint density at radius 1 is 1.15 bits per heavy atom. The van der Waals surface area contributed by atoms with Gasteiger partial charge in [-0.15, -0.1) is 5.10 Å². The van der Waals surface area contributed by atoms with Gasteiger partial charge in [-0.1, -0.05) is 42.1 Å². The molecule has 1 aromatic heterocycles. The monoisotopic (exact) mass is 463 g/mol. The van der Waals surface area contributed by atoms with Gasteiger partial charge < -0.3 is 15.1 Å². The quantitative estimate of drug-likeness (QED) is 0.310. The zero-order valence-corrected chi connectivity index (χ0v) is 17.8. The Morgan fingerprint density at radius 3 is 2.70 bits per heavy atom. The van der Waals surface area contributed by atoms with E-state index in [1.54, 1.807) is 54.6 Å². The highest BCUT2D eigenvalue weighted by Crippen LogP contribution is 2.30. The van der Waals surface area contributed by atoms with Crippen molar-refractivity contribution in [3.8, 4) is 11.3 Å². The maximum atomic E-state index is 12.2. The van der Waals surface area contributed by atoms with E-state index in [1.807, 2.05) is 6.07 Å². The molecule has 2 heterocycles. The molecule has 1 fully saturated rings. The number of rotatable bonds is 7. The fourth-order valence-corrected chi connectivity index (χ4v) is 3.96. The van der Waals surface area contributed by atoms with Gasteiger partial charge in [-0.05, 0) is 30.3 Å². The minimum absolute atomic E-state index is 0.00840. The lowest BCUT2D eigenvalue weighted by Crippen LogP contribution is -2.28. The zero-order chi connectivity index (χ0) is 23.2. The molecule has 0 spiro atoms. The zero-order valence-electron chi connectivity index (χ0n) is 17.0. The highest BCUT2D eigenvalue weighted by Gasteiger charge is 2.32. The first kappa shape index (κ1) is 22.0. The van der Waals surface area contributed by atoms with E-state index in [1.165, 1.54) is 12.3 Å². The van der Waals surface area contributed by atoms with Gasteiger partial charge in [0.15, 0.2) is 5.17 Å². The number of benzene rings is 2. The van der Waals surface area contributed by atoms with Crippen LogP contribution in [0.5, 0.6) is 0 Å². The smallest absolute Gasteiger partial charge is 0.280 e. The van der Waals surface area contributed by atoms with Crippen molar-refractivity contribution in [1.82, 2.24) is 5.32 Å². The normalized spacial score (nSPS) is 16.8. The highest BCUT2D eigenvalue weighted by molar-refractivity contribution is 8.15. The molecule has 0 radical (unpaired) electrons. The summed E-state index contributed by atoms with van der Waals surface area (Å²) in [6.45, 7) is 0. The second kappa shape index (κ2) is 9.92. The topological polar surface area (TPSA) is 139 Å². The molecule has 1 aliphatic rings. The van der Waals surface area contributed by atoms with Crippen molar-refractivity contribution in [3.05, 3.63) is 82.6 Å². The van der Waals surface area contributed by atoms with Crippen LogP contribution in [0.2, 0.25) is 0 Å². The molecule has 0 saturated carbocycles. The second-order valence-corrected chi connectivity index (χ2v) is 8.03. The van der Waals surface area contributed by atoms with Gasteiger partial charge in [0.05, 0.1) is 16.7 Å². The maximum Gasteiger partial charge on any atom is 0.280 e. The summed E-state index contributed by atoms with van der Waals surface area (Å²) in [6, 6.07) is 18.4. The summed E-state index contributed by atoms with van der Waals surface area (Å²) in [5, 5.41) is 24.0. The SMILES string of the molecule is O=C(CC1S/C(=N\N=C\c2ccc(-c3ccccc3[N+](=O)[O-])o2)NC1=O)Nc1ccccc1. The summed E-state index contributed by atoms with van der Waals surface area (Å²) in [6.07, 6.45) is 1.32. The van der Waals surface area contributed by atoms with E-state index in [9.17, 15) is 19.7 Å². The van der Waals surface area contributed by atoms with Crippen LogP contribution in [0.15, 0.2) is 81.4 Å². The number of nitrogens with one attached hydrogen (secondary N) is 2. The van der Waals surface area contributed by atoms with E-state index in [2.05, 4.69) is 20.8 Å². The van der Waals surface area contributed by atoms with Crippen LogP contribution in [-0.2, 0) is 9.59 Å². The van der Waals surface area contributed by atoms with Crippen LogP contribution < -0.4 is 10.6 Å². The molecule has 1 saturated heterocycles. The first-order valence-corrected chi connectivity index (χ1v) is 10.6. The first-order valence-electron chi connectivity index (χ1n) is 9.76. The fourth-order valence-electron chi connectivity index (χ4n) is 3.03. The molecule has 1 unspecified atom stereocenters. The molecule has 4 rings (SSSR count). The number of hydrogen-bond acceptors (Lipinski definition) is 8. The maximum absolute atomic E-state index is 12.2. The Labute approximate surface area is 191 Å². The minimum Gasteiger partial charge on any atom is -0.455 e. The van der Waals surface area contributed by atoms with Gasteiger partial charge in [0.2, 0.25) is 11.8 Å². The van der Waals surface area contributed by atoms with Crippen LogP contribution in [0.25, 0.3) is 11.3 Å². The molecule has 1 atom stereocenters. The highest BCUT2D eigenvalue weighted by atomic mass is 32.2. The van der Waals surface area contributed by atoms with Crippen LogP contribution in [0, 0.1) is 10.1 Å². The number of furan rings is 1. The van der Waals surface area contributed by atoms with Crippen LogP contribution in [0.4, 0.5) is 11.4 Å². The van der Waals surface area contributed by atoms with Crippen LogP contribution in [0.1, 0.15) is 12.2 Å². The largest absolute Gasteiger partial charge is 0.455 e. The molecule has 2 aromatic carbocycles. The number of amides is 2. The summed E-state index contributed by atoms with van der Waals surface area (Å²) in [7, 11) is 0. The summed E-state index contributed by atoms with van der Waals surface area (Å²) < 4.78 is 5.61. The van der Waals surface area contributed by atoms with E-state index in [0.29, 0.717) is 22.8 Å². The number of carbonyl (C=O) groups excluding carboxylic acids is 2. The number of amidine groups is 1. The first-order chi connectivity index (χ1) is 16.0. The lowest BCUT2D eigenvalue weighted by atomic mass is 10.1. The van der Waals surface area contributed by atoms with E-state index >= 15 is 0 Å². The number of carbonyl (C=O) groups is 2. The number of anilines is 1. The standard InChI is InChI=1S/C22H17N5O5S/c28-20(24-14-6-2-1-3-7-14)12-19-21(29)25-22(33-19)26-23-13-15-10-11-18(32-15)16-8-4-5-9-17(16)27(30)31/h1-11,13,19H,12H2,(H,24,28)(H,25,26,29)/b23-13+. The predicted molar refractivity (Wildman–Crippen MR) is 125 cm³/mol. The number of hydrogen-bond donors (Lipinski definition) is 2. The van der Waals surface area contributed by atoms with Gasteiger partial charge in [-0.25, -0.2) is 0 Å². The molecule has 2 amide bonds. The molecule has 11 heteroatoms. The van der Waals surface area contributed by atoms with Crippen LogP contribution >= 0.6 is 11.8 Å². The number of thioether (sulfide) groups is 1. The lowest BCUT2D eigenvalue weighted by molar-refractivity contribution is -0.384. The molecule has 0 aliphatic carbocycles. The van der Waals surface area contributed by atoms with Crippen molar-refractivity contribution in [2.75, 3.05) is 5.32 Å². The number of nitro benzene ring substituents is 1. The molecular formula is C22H17N5O5S.